The quantitative estimate of drug-likeness (QED) is 0.694. The molecule has 0 aromatic rings. The zero-order valence-corrected chi connectivity index (χ0v) is 8.76. The second-order valence-electron chi connectivity index (χ2n) is 5.03. The van der Waals surface area contributed by atoms with Crippen LogP contribution in [-0.4, -0.2) is 6.04 Å². The molecule has 0 amide bonds. The zero-order valence-electron chi connectivity index (χ0n) is 8.76. The Labute approximate surface area is 82.1 Å². The van der Waals surface area contributed by atoms with Gasteiger partial charge in [0.05, 0.1) is 0 Å². The first-order valence-corrected chi connectivity index (χ1v) is 5.83. The molecule has 1 nitrogen and oxygen atoms in total. The molecule has 0 spiro atoms. The topological polar surface area (TPSA) is 26.0 Å². The van der Waals surface area contributed by atoms with Gasteiger partial charge in [-0.05, 0) is 50.4 Å². The second kappa shape index (κ2) is 3.61. The molecule has 1 radical (unpaired) electrons. The smallest absolute Gasteiger partial charge is 0.00697 e. The van der Waals surface area contributed by atoms with Gasteiger partial charge in [-0.2, -0.15) is 0 Å². The van der Waals surface area contributed by atoms with Gasteiger partial charge >= 0.3 is 0 Å². The molecule has 2 unspecified atom stereocenters. The van der Waals surface area contributed by atoms with Crippen LogP contribution >= 0.6 is 0 Å². The number of hydrogen-bond donors (Lipinski definition) is 1. The van der Waals surface area contributed by atoms with E-state index in [-0.39, 0.29) is 0 Å². The molecule has 2 fully saturated rings. The minimum Gasteiger partial charge on any atom is -0.327 e. The maximum atomic E-state index is 6.19. The van der Waals surface area contributed by atoms with Gasteiger partial charge in [-0.25, -0.2) is 0 Å². The first-order valence-electron chi connectivity index (χ1n) is 5.83. The van der Waals surface area contributed by atoms with Gasteiger partial charge in [0.1, 0.15) is 0 Å². The maximum absolute atomic E-state index is 6.19. The Morgan fingerprint density at radius 2 is 2.15 bits per heavy atom. The summed E-state index contributed by atoms with van der Waals surface area (Å²) < 4.78 is 0. The summed E-state index contributed by atoms with van der Waals surface area (Å²) in [6, 6.07) is 0.398. The highest BCUT2D eigenvalue weighted by atomic mass is 14.7. The van der Waals surface area contributed by atoms with Crippen LogP contribution in [0.15, 0.2) is 0 Å². The highest BCUT2D eigenvalue weighted by Crippen LogP contribution is 2.51. The molecule has 0 bridgehead atoms. The molecule has 2 N–H and O–H groups in total. The lowest BCUT2D eigenvalue weighted by molar-refractivity contribution is 0.0352. The van der Waals surface area contributed by atoms with E-state index in [1.54, 1.807) is 0 Å². The third kappa shape index (κ3) is 1.52. The average Bonchev–Trinajstić information content (AvgIpc) is 2.02. The van der Waals surface area contributed by atoms with E-state index in [0.717, 1.165) is 5.92 Å². The van der Waals surface area contributed by atoms with E-state index in [4.69, 9.17) is 5.73 Å². The van der Waals surface area contributed by atoms with Crippen molar-refractivity contribution in [3.63, 3.8) is 0 Å². The van der Waals surface area contributed by atoms with Crippen LogP contribution in [0, 0.1) is 17.8 Å². The molecule has 2 atom stereocenters. The van der Waals surface area contributed by atoms with E-state index in [1.807, 2.05) is 0 Å². The fourth-order valence-electron chi connectivity index (χ4n) is 3.19. The standard InChI is InChI=1S/C12H22N/c1-10(13)12(11-6-5-7-11)8-3-2-4-9-12/h3,10-11H,2,4-9,13H2,1H3. The molecular formula is C12H22N. The summed E-state index contributed by atoms with van der Waals surface area (Å²) in [6.45, 7) is 2.22. The van der Waals surface area contributed by atoms with Gasteiger partial charge in [0.2, 0.25) is 0 Å². The van der Waals surface area contributed by atoms with E-state index >= 15 is 0 Å². The van der Waals surface area contributed by atoms with Crippen molar-refractivity contribution in [2.45, 2.75) is 57.9 Å². The van der Waals surface area contributed by atoms with Gasteiger partial charge in [-0.3, -0.25) is 0 Å². The number of hydrogen-bond acceptors (Lipinski definition) is 1. The Morgan fingerprint density at radius 1 is 1.38 bits per heavy atom. The van der Waals surface area contributed by atoms with E-state index in [1.165, 1.54) is 44.9 Å². The fraction of sp³-hybridized carbons (Fsp3) is 0.917. The predicted molar refractivity (Wildman–Crippen MR) is 56.2 cm³/mol. The van der Waals surface area contributed by atoms with Crippen LogP contribution in [0.4, 0.5) is 0 Å². The zero-order chi connectivity index (χ0) is 9.31. The lowest BCUT2D eigenvalue weighted by atomic mass is 9.56. The summed E-state index contributed by atoms with van der Waals surface area (Å²) in [7, 11) is 0. The average molecular weight is 180 g/mol. The lowest BCUT2D eigenvalue weighted by Gasteiger charge is -2.50. The lowest BCUT2D eigenvalue weighted by Crippen LogP contribution is -2.48. The van der Waals surface area contributed by atoms with Crippen LogP contribution < -0.4 is 5.73 Å². The van der Waals surface area contributed by atoms with Crippen molar-refractivity contribution >= 4 is 0 Å². The van der Waals surface area contributed by atoms with Crippen LogP contribution in [0.1, 0.15) is 51.9 Å². The first kappa shape index (κ1) is 9.51. The molecule has 2 aliphatic carbocycles. The third-order valence-electron chi connectivity index (χ3n) is 4.40. The monoisotopic (exact) mass is 180 g/mol. The summed E-state index contributed by atoms with van der Waals surface area (Å²) in [5.74, 6) is 0.948. The van der Waals surface area contributed by atoms with Crippen molar-refractivity contribution in [1.82, 2.24) is 0 Å². The SMILES string of the molecule is CC(N)C1(C2CCC2)C[CH]CCC1. The molecule has 0 aromatic heterocycles. The third-order valence-corrected chi connectivity index (χ3v) is 4.40. The van der Waals surface area contributed by atoms with Crippen molar-refractivity contribution in [2.75, 3.05) is 0 Å². The second-order valence-corrected chi connectivity index (χ2v) is 5.03. The van der Waals surface area contributed by atoms with Gasteiger partial charge in [0.25, 0.3) is 0 Å². The van der Waals surface area contributed by atoms with Crippen LogP contribution in [0.2, 0.25) is 0 Å². The molecule has 0 aliphatic heterocycles. The minimum atomic E-state index is 0.398. The molecule has 1 heteroatoms. The van der Waals surface area contributed by atoms with Gasteiger partial charge in [0.15, 0.2) is 0 Å². The van der Waals surface area contributed by atoms with Crippen LogP contribution in [0.3, 0.4) is 0 Å². The molecule has 75 valence electrons. The summed E-state index contributed by atoms with van der Waals surface area (Å²) in [5, 5.41) is 0. The van der Waals surface area contributed by atoms with Gasteiger partial charge in [-0.1, -0.05) is 19.3 Å². The van der Waals surface area contributed by atoms with E-state index in [9.17, 15) is 0 Å². The highest BCUT2D eigenvalue weighted by molar-refractivity contribution is 5.01. The number of nitrogens with two attached hydrogens (primary N) is 1. The van der Waals surface area contributed by atoms with E-state index < -0.39 is 0 Å². The fourth-order valence-corrected chi connectivity index (χ4v) is 3.19. The summed E-state index contributed by atoms with van der Waals surface area (Å²) in [5.41, 5.74) is 6.69. The molecule has 0 saturated heterocycles. The van der Waals surface area contributed by atoms with Crippen LogP contribution in [-0.2, 0) is 0 Å². The molecule has 0 heterocycles. The summed E-state index contributed by atoms with van der Waals surface area (Å²) >= 11 is 0. The molecule has 13 heavy (non-hydrogen) atoms. The summed E-state index contributed by atoms with van der Waals surface area (Å²) in [4.78, 5) is 0. The molecule has 0 aromatic carbocycles. The van der Waals surface area contributed by atoms with Crippen molar-refractivity contribution in [3.8, 4) is 0 Å². The Kier molecular flexibility index (Phi) is 2.64. The van der Waals surface area contributed by atoms with E-state index in [0.29, 0.717) is 11.5 Å². The van der Waals surface area contributed by atoms with Crippen LogP contribution in [0.25, 0.3) is 0 Å². The highest BCUT2D eigenvalue weighted by Gasteiger charge is 2.44. The van der Waals surface area contributed by atoms with Gasteiger partial charge in [-0.15, -0.1) is 0 Å². The largest absolute Gasteiger partial charge is 0.327 e. The normalized spacial score (nSPS) is 30.9. The van der Waals surface area contributed by atoms with Crippen LogP contribution in [0.5, 0.6) is 0 Å². The number of rotatable bonds is 2. The van der Waals surface area contributed by atoms with Crippen molar-refractivity contribution in [2.24, 2.45) is 17.1 Å². The predicted octanol–water partition coefficient (Wildman–Crippen LogP) is 2.90. The maximum Gasteiger partial charge on any atom is 0.00697 e. The van der Waals surface area contributed by atoms with Gasteiger partial charge in [0, 0.05) is 6.04 Å². The first-order chi connectivity index (χ1) is 6.26. The molecular weight excluding hydrogens is 158 g/mol. The summed E-state index contributed by atoms with van der Waals surface area (Å²) in [6.07, 6.45) is 12.2. The van der Waals surface area contributed by atoms with E-state index in [2.05, 4.69) is 13.3 Å². The van der Waals surface area contributed by atoms with Crippen molar-refractivity contribution in [3.05, 3.63) is 6.42 Å². The Hall–Kier alpha value is -0.0400. The van der Waals surface area contributed by atoms with Crippen molar-refractivity contribution < 1.29 is 0 Å². The minimum absolute atomic E-state index is 0.398. The Morgan fingerprint density at radius 3 is 2.54 bits per heavy atom. The molecule has 2 saturated carbocycles. The molecule has 2 rings (SSSR count). The Bertz CT molecular complexity index is 164. The Balaban J connectivity index is 2.08. The van der Waals surface area contributed by atoms with Crippen molar-refractivity contribution in [1.29, 1.82) is 0 Å². The van der Waals surface area contributed by atoms with Gasteiger partial charge < -0.3 is 5.73 Å². The molecule has 2 aliphatic rings.